The molecule has 148 valence electrons. The summed E-state index contributed by atoms with van der Waals surface area (Å²) in [4.78, 5) is 34.7. The van der Waals surface area contributed by atoms with Gasteiger partial charge in [0.15, 0.2) is 0 Å². The SMILES string of the molecule is Cc1ccc(-c2nnc(NC(=O)CNC(=O)c3ccc(C)c([N+](=O)[O-])c3)s2)cc1. The number of nitrogens with one attached hydrogen (secondary N) is 2. The van der Waals surface area contributed by atoms with Crippen LogP contribution in [0.5, 0.6) is 0 Å². The van der Waals surface area contributed by atoms with Crippen LogP contribution in [-0.4, -0.2) is 33.5 Å². The van der Waals surface area contributed by atoms with Gasteiger partial charge in [-0.25, -0.2) is 0 Å². The average molecular weight is 411 g/mol. The lowest BCUT2D eigenvalue weighted by Gasteiger charge is -2.05. The van der Waals surface area contributed by atoms with E-state index in [9.17, 15) is 19.7 Å². The monoisotopic (exact) mass is 411 g/mol. The molecule has 0 bridgehead atoms. The van der Waals surface area contributed by atoms with Crippen LogP contribution in [0.25, 0.3) is 10.6 Å². The Morgan fingerprint density at radius 1 is 1.10 bits per heavy atom. The highest BCUT2D eigenvalue weighted by Crippen LogP contribution is 2.26. The maximum absolute atomic E-state index is 12.2. The third kappa shape index (κ3) is 4.99. The number of hydrogen-bond acceptors (Lipinski definition) is 7. The summed E-state index contributed by atoms with van der Waals surface area (Å²) in [7, 11) is 0. The van der Waals surface area contributed by atoms with Crippen molar-refractivity contribution in [1.82, 2.24) is 15.5 Å². The number of aryl methyl sites for hydroxylation is 2. The molecule has 2 N–H and O–H groups in total. The van der Waals surface area contributed by atoms with Gasteiger partial charge in [0.05, 0.1) is 11.5 Å². The highest BCUT2D eigenvalue weighted by molar-refractivity contribution is 7.18. The fourth-order valence-corrected chi connectivity index (χ4v) is 3.23. The largest absolute Gasteiger partial charge is 0.343 e. The Bertz CT molecular complexity index is 1080. The van der Waals surface area contributed by atoms with Crippen molar-refractivity contribution in [2.45, 2.75) is 13.8 Å². The molecule has 2 aromatic carbocycles. The quantitative estimate of drug-likeness (QED) is 0.474. The van der Waals surface area contributed by atoms with Crippen molar-refractivity contribution in [3.63, 3.8) is 0 Å². The number of aromatic nitrogens is 2. The second-order valence-electron chi connectivity index (χ2n) is 6.27. The van der Waals surface area contributed by atoms with Crippen molar-refractivity contribution in [2.24, 2.45) is 0 Å². The lowest BCUT2D eigenvalue weighted by atomic mass is 10.1. The number of carbonyl (C=O) groups excluding carboxylic acids is 2. The van der Waals surface area contributed by atoms with E-state index < -0.39 is 16.7 Å². The minimum Gasteiger partial charge on any atom is -0.343 e. The molecular weight excluding hydrogens is 394 g/mol. The summed E-state index contributed by atoms with van der Waals surface area (Å²) < 4.78 is 0. The Kier molecular flexibility index (Phi) is 5.93. The zero-order chi connectivity index (χ0) is 21.0. The molecule has 29 heavy (non-hydrogen) atoms. The number of benzene rings is 2. The Labute approximate surface area is 169 Å². The minimum atomic E-state index is -0.583. The van der Waals surface area contributed by atoms with Crippen LogP contribution in [0.3, 0.4) is 0 Å². The van der Waals surface area contributed by atoms with E-state index in [1.807, 2.05) is 31.2 Å². The van der Waals surface area contributed by atoms with Crippen LogP contribution in [0.4, 0.5) is 10.8 Å². The van der Waals surface area contributed by atoms with Crippen molar-refractivity contribution < 1.29 is 14.5 Å². The molecule has 1 heterocycles. The third-order valence-electron chi connectivity index (χ3n) is 4.05. The molecule has 10 heteroatoms. The molecule has 1 aromatic heterocycles. The van der Waals surface area contributed by atoms with Crippen LogP contribution in [0.2, 0.25) is 0 Å². The van der Waals surface area contributed by atoms with Gasteiger partial charge in [-0.1, -0.05) is 47.2 Å². The molecule has 0 aliphatic heterocycles. The molecule has 3 rings (SSSR count). The summed E-state index contributed by atoms with van der Waals surface area (Å²) in [5.41, 5.74) is 2.42. The number of rotatable bonds is 6. The van der Waals surface area contributed by atoms with E-state index in [-0.39, 0.29) is 17.8 Å². The fraction of sp³-hybridized carbons (Fsp3) is 0.158. The van der Waals surface area contributed by atoms with Crippen LogP contribution >= 0.6 is 11.3 Å². The fourth-order valence-electron chi connectivity index (χ4n) is 2.46. The van der Waals surface area contributed by atoms with Gasteiger partial charge in [-0.3, -0.25) is 25.0 Å². The highest BCUT2D eigenvalue weighted by Gasteiger charge is 2.16. The van der Waals surface area contributed by atoms with Gasteiger partial charge in [-0.15, -0.1) is 10.2 Å². The first-order valence-electron chi connectivity index (χ1n) is 8.57. The second kappa shape index (κ2) is 8.57. The predicted octanol–water partition coefficient (Wildman–Crippen LogP) is 3.10. The lowest BCUT2D eigenvalue weighted by molar-refractivity contribution is -0.385. The number of nitrogens with zero attached hydrogens (tertiary/aromatic N) is 3. The van der Waals surface area contributed by atoms with Crippen LogP contribution < -0.4 is 10.6 Å². The molecule has 0 saturated heterocycles. The highest BCUT2D eigenvalue weighted by atomic mass is 32.1. The first-order chi connectivity index (χ1) is 13.8. The smallest absolute Gasteiger partial charge is 0.273 e. The summed E-state index contributed by atoms with van der Waals surface area (Å²) in [6, 6.07) is 11.9. The van der Waals surface area contributed by atoms with Gasteiger partial charge in [0.1, 0.15) is 5.01 Å². The molecule has 2 amide bonds. The normalized spacial score (nSPS) is 10.4. The van der Waals surface area contributed by atoms with Crippen molar-refractivity contribution in [3.8, 4) is 10.6 Å². The molecule has 9 nitrogen and oxygen atoms in total. The van der Waals surface area contributed by atoms with Crippen molar-refractivity contribution in [2.75, 3.05) is 11.9 Å². The zero-order valence-corrected chi connectivity index (χ0v) is 16.4. The molecule has 0 fully saturated rings. The minimum absolute atomic E-state index is 0.104. The molecule has 0 saturated carbocycles. The van der Waals surface area contributed by atoms with Crippen LogP contribution in [0.1, 0.15) is 21.5 Å². The summed E-state index contributed by atoms with van der Waals surface area (Å²) >= 11 is 1.22. The molecule has 0 radical (unpaired) electrons. The Morgan fingerprint density at radius 2 is 1.83 bits per heavy atom. The number of anilines is 1. The van der Waals surface area contributed by atoms with Crippen LogP contribution in [0.15, 0.2) is 42.5 Å². The maximum atomic E-state index is 12.2. The lowest BCUT2D eigenvalue weighted by Crippen LogP contribution is -2.32. The third-order valence-corrected chi connectivity index (χ3v) is 4.94. The molecule has 0 aliphatic rings. The van der Waals surface area contributed by atoms with Crippen molar-refractivity contribution >= 4 is 34.0 Å². The maximum Gasteiger partial charge on any atom is 0.273 e. The summed E-state index contributed by atoms with van der Waals surface area (Å²) in [6.07, 6.45) is 0. The summed E-state index contributed by atoms with van der Waals surface area (Å²) in [5, 5.41) is 24.9. The van der Waals surface area contributed by atoms with Crippen LogP contribution in [-0.2, 0) is 4.79 Å². The average Bonchev–Trinajstić information content (AvgIpc) is 3.15. The summed E-state index contributed by atoms with van der Waals surface area (Å²) in [5.74, 6) is -1.06. The number of carbonyl (C=O) groups is 2. The van der Waals surface area contributed by atoms with Crippen molar-refractivity contribution in [3.05, 3.63) is 69.3 Å². The number of nitro benzene ring substituents is 1. The van der Waals surface area contributed by atoms with Gasteiger partial charge >= 0.3 is 0 Å². The van der Waals surface area contributed by atoms with Gasteiger partial charge in [0.2, 0.25) is 11.0 Å². The standard InChI is InChI=1S/C19H17N5O4S/c1-11-3-6-13(7-4-11)18-22-23-19(29-18)21-16(25)10-20-17(26)14-8-5-12(2)15(9-14)24(27)28/h3-9H,10H2,1-2H3,(H,20,26)(H,21,23,25). The number of amides is 2. The topological polar surface area (TPSA) is 127 Å². The molecule has 3 aromatic rings. The van der Waals surface area contributed by atoms with Gasteiger partial charge in [-0.2, -0.15) is 0 Å². The Hall–Kier alpha value is -3.66. The van der Waals surface area contributed by atoms with Crippen molar-refractivity contribution in [1.29, 1.82) is 0 Å². The number of nitro groups is 1. The van der Waals surface area contributed by atoms with E-state index in [1.165, 1.54) is 29.5 Å². The van der Waals surface area contributed by atoms with E-state index in [0.717, 1.165) is 11.1 Å². The van der Waals surface area contributed by atoms with Gasteiger partial charge < -0.3 is 5.32 Å². The molecule has 0 spiro atoms. The molecule has 0 atom stereocenters. The number of hydrogen-bond donors (Lipinski definition) is 2. The predicted molar refractivity (Wildman–Crippen MR) is 109 cm³/mol. The first kappa shape index (κ1) is 20.1. The first-order valence-corrected chi connectivity index (χ1v) is 9.39. The molecule has 0 unspecified atom stereocenters. The summed E-state index contributed by atoms with van der Waals surface area (Å²) in [6.45, 7) is 3.26. The van der Waals surface area contributed by atoms with E-state index in [0.29, 0.717) is 15.7 Å². The zero-order valence-electron chi connectivity index (χ0n) is 15.6. The molecular formula is C19H17N5O4S. The van der Waals surface area contributed by atoms with Gasteiger partial charge in [0.25, 0.3) is 11.6 Å². The van der Waals surface area contributed by atoms with Crippen LogP contribution in [0, 0.1) is 24.0 Å². The van der Waals surface area contributed by atoms with E-state index in [1.54, 1.807) is 6.92 Å². The van der Waals surface area contributed by atoms with E-state index in [2.05, 4.69) is 20.8 Å². The second-order valence-corrected chi connectivity index (χ2v) is 7.25. The Balaban J connectivity index is 1.58. The van der Waals surface area contributed by atoms with Gasteiger partial charge in [-0.05, 0) is 19.9 Å². The van der Waals surface area contributed by atoms with Gasteiger partial charge in [0, 0.05) is 22.8 Å². The van der Waals surface area contributed by atoms with E-state index in [4.69, 9.17) is 0 Å². The molecule has 0 aliphatic carbocycles. The van der Waals surface area contributed by atoms with E-state index >= 15 is 0 Å². The Morgan fingerprint density at radius 3 is 2.52 bits per heavy atom.